The van der Waals surface area contributed by atoms with Gasteiger partial charge in [0.05, 0.1) is 50.2 Å². The van der Waals surface area contributed by atoms with E-state index in [2.05, 4.69) is 29.9 Å². The number of hydrogen-bond acceptors (Lipinski definition) is 7. The fraction of sp³-hybridized carbons (Fsp3) is 0.269. The first-order valence-corrected chi connectivity index (χ1v) is 10.0. The summed E-state index contributed by atoms with van der Waals surface area (Å²) in [5.41, 5.74) is -5.27. The smallest absolute Gasteiger partial charge is 0.295 e. The Morgan fingerprint density at radius 3 is 2.84 bits per heavy atom. The molecule has 0 bridgehead atoms. The van der Waals surface area contributed by atoms with Crippen molar-refractivity contribution in [3.05, 3.63) is 76.6 Å². The second-order valence-corrected chi connectivity index (χ2v) is 7.17. The molecular weight excluding hydrogens is 472 g/mol. The molecule has 0 aromatic carbocycles. The highest BCUT2D eigenvalue weighted by Gasteiger charge is 2.30. The number of carbonyl (C=O) groups excluding carboxylic acids is 2. The predicted octanol–water partition coefficient (Wildman–Crippen LogP) is 3.30. The van der Waals surface area contributed by atoms with Crippen molar-refractivity contribution < 1.29 is 39.0 Å². The first kappa shape index (κ1) is 10.6. The second-order valence-electron chi connectivity index (χ2n) is 7.17. The minimum atomic E-state index is -4.05. The van der Waals surface area contributed by atoms with Gasteiger partial charge in [-0.25, -0.2) is 19.5 Å². The van der Waals surface area contributed by atoms with Crippen LogP contribution in [0.2, 0.25) is 0 Å². The molecule has 0 aliphatic carbocycles. The Kier molecular flexibility index (Phi) is 2.78. The van der Waals surface area contributed by atoms with Gasteiger partial charge in [-0.1, -0.05) is 11.6 Å². The highest BCUT2D eigenvalue weighted by atomic mass is 16.5. The number of ether oxygens (including phenoxy) is 1. The van der Waals surface area contributed by atoms with Crippen LogP contribution in [0.3, 0.4) is 0 Å². The zero-order chi connectivity index (χ0) is 41.8. The minimum absolute atomic E-state index is 0.145. The number of aromatic amines is 1. The summed E-state index contributed by atoms with van der Waals surface area (Å²) in [4.78, 5) is 44.1. The third kappa shape index (κ3) is 4.33. The molecule has 186 valence electrons. The number of nitrogens with zero attached hydrogens (tertiary/aromatic N) is 7. The molecule has 0 atom stereocenters. The second kappa shape index (κ2) is 9.66. The molecule has 0 spiro atoms. The average molecular weight is 515 g/mol. The molecule has 1 N–H and O–H groups in total. The van der Waals surface area contributed by atoms with Crippen molar-refractivity contribution in [3.63, 3.8) is 0 Å². The fourth-order valence-electron chi connectivity index (χ4n) is 3.26. The fourth-order valence-corrected chi connectivity index (χ4v) is 3.26. The molecule has 0 saturated carbocycles. The molecule has 37 heavy (non-hydrogen) atoms. The first-order chi connectivity index (χ1) is 24.9. The van der Waals surface area contributed by atoms with E-state index in [9.17, 15) is 9.59 Å². The maximum absolute atomic E-state index is 14.1. The molecule has 0 radical (unpaired) electrons. The van der Waals surface area contributed by atoms with Crippen LogP contribution in [0, 0.1) is 20.3 Å². The summed E-state index contributed by atoms with van der Waals surface area (Å²) in [6, 6.07) is -1.56. The number of H-pyrrole nitrogens is 1. The van der Waals surface area contributed by atoms with E-state index in [0.717, 1.165) is 6.20 Å². The van der Waals surface area contributed by atoms with E-state index >= 15 is 0 Å². The lowest BCUT2D eigenvalue weighted by Gasteiger charge is -2.28. The summed E-state index contributed by atoms with van der Waals surface area (Å²) in [7, 11) is -3.25. The van der Waals surface area contributed by atoms with Gasteiger partial charge < -0.3 is 14.6 Å². The molecule has 5 rings (SSSR count). The molecule has 11 nitrogen and oxygen atoms in total. The van der Waals surface area contributed by atoms with Gasteiger partial charge in [0, 0.05) is 40.4 Å². The van der Waals surface area contributed by atoms with Crippen LogP contribution in [0.25, 0.3) is 27.3 Å². The number of amides is 1. The van der Waals surface area contributed by atoms with E-state index in [4.69, 9.17) is 36.0 Å². The van der Waals surface area contributed by atoms with Crippen LogP contribution < -0.4 is 4.74 Å². The summed E-state index contributed by atoms with van der Waals surface area (Å²) in [6.45, 7) is -2.06. The van der Waals surface area contributed by atoms with Crippen LogP contribution in [0.15, 0.2) is 42.5 Å². The van der Waals surface area contributed by atoms with Crippen LogP contribution >= 0.6 is 0 Å². The third-order valence-electron chi connectivity index (χ3n) is 4.91. The Hall–Kier alpha value is -4.85. The number of hydrogen-bond donors (Lipinski definition) is 1. The highest BCUT2D eigenvalue weighted by Crippen LogP contribution is 2.32. The molecule has 1 amide bonds. The van der Waals surface area contributed by atoms with Crippen LogP contribution in [0.5, 0.6) is 5.75 Å². The maximum atomic E-state index is 14.1. The monoisotopic (exact) mass is 514 g/mol. The summed E-state index contributed by atoms with van der Waals surface area (Å²) >= 11 is 0. The van der Waals surface area contributed by atoms with Gasteiger partial charge in [0.1, 0.15) is 19.2 Å². The Morgan fingerprint density at radius 2 is 2.11 bits per heavy atom. The Morgan fingerprint density at radius 1 is 1.27 bits per heavy atom. The van der Waals surface area contributed by atoms with E-state index < -0.39 is 132 Å². The van der Waals surface area contributed by atoms with Gasteiger partial charge in [-0.15, -0.1) is 0 Å². The van der Waals surface area contributed by atoms with Gasteiger partial charge in [0.25, 0.3) is 11.7 Å². The Balaban J connectivity index is 1.73. The predicted molar refractivity (Wildman–Crippen MR) is 135 cm³/mol. The van der Waals surface area contributed by atoms with E-state index in [1.807, 2.05) is 0 Å². The number of nitrogens with one attached hydrogen (secondary N) is 1. The summed E-state index contributed by atoms with van der Waals surface area (Å²) in [5.74, 6) is -6.17. The van der Waals surface area contributed by atoms with Crippen LogP contribution in [0.4, 0.5) is 0 Å². The Labute approximate surface area is 237 Å². The van der Waals surface area contributed by atoms with Crippen molar-refractivity contribution in [3.8, 4) is 11.6 Å². The van der Waals surface area contributed by atoms with Crippen LogP contribution in [-0.4, -0.2) is 66.3 Å². The van der Waals surface area contributed by atoms with E-state index in [0.29, 0.717) is 10.9 Å². The third-order valence-corrected chi connectivity index (χ3v) is 4.91. The largest absolute Gasteiger partial charge is 0.494 e. The van der Waals surface area contributed by atoms with E-state index in [-0.39, 0.29) is 5.56 Å². The molecule has 11 heteroatoms. The SMILES string of the molecule is [2H]c1nc(C([N+]#[C-])=C2C([2H])([2H])C([2H])([2H])N(C(=O)C(=O)c3c[nH]c4c(-n5nc(C([2H])([2H])[2H])nc5[2H])ncc(OC([2H])([2H])[2H])c34)C([2H])([2H])C2([2H])[2H])c([2H])c([2H])c1C. The number of carbonyl (C=O) groups is 2. The number of fused-ring (bicyclic) bond motifs is 1. The Bertz CT molecular complexity index is 2340. The van der Waals surface area contributed by atoms with Crippen molar-refractivity contribution >= 4 is 28.3 Å². The van der Waals surface area contributed by atoms with E-state index in [1.165, 1.54) is 6.92 Å². The molecule has 1 aliphatic rings. The molecule has 5 heterocycles. The molecule has 1 saturated heterocycles. The average Bonchev–Trinajstić information content (AvgIpc) is 3.67. The van der Waals surface area contributed by atoms with Gasteiger partial charge >= 0.3 is 0 Å². The van der Waals surface area contributed by atoms with Crippen LogP contribution in [-0.2, 0) is 4.79 Å². The lowest BCUT2D eigenvalue weighted by molar-refractivity contribution is -0.126. The number of pyridine rings is 2. The maximum Gasteiger partial charge on any atom is 0.295 e. The normalized spacial score (nSPS) is 26.7. The molecule has 1 fully saturated rings. The number of aromatic nitrogens is 6. The van der Waals surface area contributed by atoms with Crippen LogP contribution in [0.1, 0.15) is 64.9 Å². The van der Waals surface area contributed by atoms with Crippen molar-refractivity contribution in [2.75, 3.05) is 20.0 Å². The topological polar surface area (TPSA) is 123 Å². The standard InChI is InChI=1S/C26H24N8O3/c1-15-5-6-19(28-11-15)22(27-3)17-7-9-33(10-8-17)26(36)24(35)18-12-29-23-21(18)20(37-4)13-30-25(23)34-14-31-16(2)32-34/h5-6,11-14,29H,7-10H2,1-2,4H3/i2D3,4D3,5D,6D,7D2,8D2,9D2,10D2,11D,14D. The number of piperidine rings is 1. The van der Waals surface area contributed by atoms with Crippen molar-refractivity contribution in [1.29, 1.82) is 0 Å². The number of likely N-dealkylation sites (tertiary alicyclic amines) is 1. The van der Waals surface area contributed by atoms with Gasteiger partial charge in [0.2, 0.25) is 5.70 Å². The summed E-state index contributed by atoms with van der Waals surface area (Å²) in [6.07, 6.45) is -7.88. The van der Waals surface area contributed by atoms with Gasteiger partial charge in [-0.2, -0.15) is 5.10 Å². The quantitative estimate of drug-likeness (QED) is 0.246. The number of rotatable bonds is 5. The molecular formula is C26H24N8O3. The van der Waals surface area contributed by atoms with Crippen molar-refractivity contribution in [2.45, 2.75) is 26.5 Å². The molecule has 0 unspecified atom stereocenters. The summed E-state index contributed by atoms with van der Waals surface area (Å²) in [5, 5.41) is 3.09. The summed E-state index contributed by atoms with van der Waals surface area (Å²) < 4.78 is 153. The molecule has 4 aromatic rings. The number of aryl methyl sites for hydroxylation is 1. The van der Waals surface area contributed by atoms with Gasteiger partial charge in [-0.3, -0.25) is 14.6 Å². The highest BCUT2D eigenvalue weighted by molar-refractivity contribution is 6.45. The minimum Gasteiger partial charge on any atom is -0.494 e. The van der Waals surface area contributed by atoms with Crippen molar-refractivity contribution in [1.82, 2.24) is 34.6 Å². The zero-order valence-corrected chi connectivity index (χ0v) is 18.5. The van der Waals surface area contributed by atoms with Gasteiger partial charge in [-0.05, 0) is 38.1 Å². The molecule has 1 aliphatic heterocycles. The van der Waals surface area contributed by atoms with Gasteiger partial charge in [0.15, 0.2) is 5.82 Å². The molecule has 4 aromatic heterocycles. The lowest BCUT2D eigenvalue weighted by atomic mass is 9.99. The number of methoxy groups -OCH3 is 1. The number of ketones is 1. The zero-order valence-electron chi connectivity index (χ0n) is 36.5. The lowest BCUT2D eigenvalue weighted by Crippen LogP contribution is -2.40. The van der Waals surface area contributed by atoms with E-state index in [1.54, 1.807) is 0 Å². The first-order valence-electron chi connectivity index (χ1n) is 19.0. The number of Topliss-reactive ketones (excluding diaryl/α,β-unsaturated/α-hetero) is 1. The van der Waals surface area contributed by atoms with Crippen molar-refractivity contribution in [2.24, 2.45) is 0 Å².